The molecule has 0 aromatic heterocycles. The summed E-state index contributed by atoms with van der Waals surface area (Å²) < 4.78 is 1.77. The van der Waals surface area contributed by atoms with Crippen molar-refractivity contribution in [1.29, 1.82) is 0 Å². The molecule has 258 valence electrons. The maximum Gasteiger partial charge on any atom is -0.172 e. The van der Waals surface area contributed by atoms with Gasteiger partial charge >= 0.3 is 140 Å². The fourth-order valence-corrected chi connectivity index (χ4v) is 7.96. The Labute approximate surface area is 320 Å². The van der Waals surface area contributed by atoms with E-state index in [9.17, 15) is 0 Å². The Morgan fingerprint density at radius 3 is 1.44 bits per heavy atom. The van der Waals surface area contributed by atoms with Crippen LogP contribution in [0.4, 0.5) is 0 Å². The Kier molecular flexibility index (Phi) is 16.3. The van der Waals surface area contributed by atoms with E-state index >= 15 is 0 Å². The van der Waals surface area contributed by atoms with Gasteiger partial charge in [0.05, 0.1) is 0 Å². The van der Waals surface area contributed by atoms with E-state index in [1.807, 2.05) is 30.3 Å². The van der Waals surface area contributed by atoms with Crippen LogP contribution >= 0.6 is 0 Å². The minimum absolute atomic E-state index is 0. The van der Waals surface area contributed by atoms with Crippen LogP contribution in [0.2, 0.25) is 0 Å². The van der Waals surface area contributed by atoms with E-state index < -0.39 is 0 Å². The summed E-state index contributed by atoms with van der Waals surface area (Å²) in [6.07, 6.45) is 7.20. The molecule has 0 spiro atoms. The van der Waals surface area contributed by atoms with Gasteiger partial charge in [-0.1, -0.05) is 76.9 Å². The smallest absolute Gasteiger partial charge is 0.172 e. The summed E-state index contributed by atoms with van der Waals surface area (Å²) in [7, 11) is 0. The second-order valence-electron chi connectivity index (χ2n) is 16.2. The Hall–Kier alpha value is -1.80. The molecule has 6 rings (SSSR count). The van der Waals surface area contributed by atoms with Crippen LogP contribution in [0.3, 0.4) is 0 Å². The van der Waals surface area contributed by atoms with Crippen molar-refractivity contribution < 1.29 is 48.7 Å². The third-order valence-electron chi connectivity index (χ3n) is 9.63. The third kappa shape index (κ3) is 11.4. The largest absolute Gasteiger partial charge is 1.00 e. The first-order chi connectivity index (χ1) is 21.6. The molecular formula is C45H58Cl2Hf-2. The van der Waals surface area contributed by atoms with Crippen LogP contribution in [0, 0.1) is 5.92 Å². The summed E-state index contributed by atoms with van der Waals surface area (Å²) >= 11 is 1.22. The Morgan fingerprint density at radius 2 is 1.08 bits per heavy atom. The second-order valence-corrected chi connectivity index (χ2v) is 18.1. The zero-order chi connectivity index (χ0) is 33.6. The SMILES string of the molecule is CC(C)(C)c1ccc2c(c1)[cH-]c1cc(C(C)(C)C)ccc12.CC(C)c1cc([C](=[Hf+2])C2CCCCC2)cc(C(C)C)c1.[Cl-].[Cl-].c1cc[cH-]c1. The quantitative estimate of drug-likeness (QED) is 0.132. The maximum atomic E-state index is 2.48. The van der Waals surface area contributed by atoms with E-state index in [0.29, 0.717) is 11.8 Å². The van der Waals surface area contributed by atoms with E-state index in [1.54, 1.807) is 8.82 Å². The molecule has 0 N–H and O–H groups in total. The molecule has 0 aliphatic heterocycles. The first-order valence-electron chi connectivity index (χ1n) is 17.7. The predicted molar refractivity (Wildman–Crippen MR) is 202 cm³/mol. The first-order valence-corrected chi connectivity index (χ1v) is 19.5. The van der Waals surface area contributed by atoms with Gasteiger partial charge in [0.1, 0.15) is 0 Å². The van der Waals surface area contributed by atoms with Gasteiger partial charge in [0, 0.05) is 0 Å². The van der Waals surface area contributed by atoms with Gasteiger partial charge in [-0.3, -0.25) is 0 Å². The number of rotatable bonds is 4. The molecular weight excluding hydrogens is 790 g/mol. The molecule has 0 amide bonds. The fourth-order valence-electron chi connectivity index (χ4n) is 6.40. The molecule has 5 aromatic carbocycles. The first kappa shape index (κ1) is 42.4. The van der Waals surface area contributed by atoms with Crippen LogP contribution in [0.25, 0.3) is 21.5 Å². The molecule has 5 aromatic rings. The van der Waals surface area contributed by atoms with E-state index in [2.05, 4.69) is 130 Å². The van der Waals surface area contributed by atoms with Gasteiger partial charge in [-0.05, 0) is 10.8 Å². The van der Waals surface area contributed by atoms with Gasteiger partial charge in [0.15, 0.2) is 0 Å². The molecule has 1 aliphatic carbocycles. The molecule has 0 atom stereocenters. The van der Waals surface area contributed by atoms with Crippen LogP contribution in [0.1, 0.15) is 141 Å². The molecule has 0 nitrogen and oxygen atoms in total. The van der Waals surface area contributed by atoms with Crippen LogP contribution in [-0.2, 0) is 34.7 Å². The van der Waals surface area contributed by atoms with Crippen molar-refractivity contribution in [2.24, 2.45) is 5.92 Å². The summed E-state index contributed by atoms with van der Waals surface area (Å²) in [5.41, 5.74) is 7.83. The predicted octanol–water partition coefficient (Wildman–Crippen LogP) is 7.30. The monoisotopic (exact) mass is 848 g/mol. The molecule has 1 fully saturated rings. The van der Waals surface area contributed by atoms with Crippen molar-refractivity contribution in [3.05, 3.63) is 119 Å². The van der Waals surface area contributed by atoms with Gasteiger partial charge < -0.3 is 24.8 Å². The molecule has 48 heavy (non-hydrogen) atoms. The zero-order valence-corrected chi connectivity index (χ0v) is 36.3. The van der Waals surface area contributed by atoms with Crippen molar-refractivity contribution >= 4 is 24.8 Å². The number of halogens is 2. The van der Waals surface area contributed by atoms with Gasteiger partial charge in [-0.2, -0.15) is 18.2 Å². The van der Waals surface area contributed by atoms with Crippen LogP contribution in [0.15, 0.2) is 91.0 Å². The molecule has 0 bridgehead atoms. The topological polar surface area (TPSA) is 0 Å². The van der Waals surface area contributed by atoms with Crippen LogP contribution in [-0.4, -0.2) is 3.26 Å². The van der Waals surface area contributed by atoms with Crippen molar-refractivity contribution in [3.8, 4) is 0 Å². The summed E-state index contributed by atoms with van der Waals surface area (Å²) in [4.78, 5) is 0. The second kappa shape index (κ2) is 18.4. The van der Waals surface area contributed by atoms with Crippen LogP contribution < -0.4 is 24.8 Å². The number of hydrogen-bond donors (Lipinski definition) is 0. The molecule has 1 saturated carbocycles. The molecule has 1 aliphatic rings. The summed E-state index contributed by atoms with van der Waals surface area (Å²) in [6, 6.07) is 33.6. The van der Waals surface area contributed by atoms with Crippen LogP contribution in [0.5, 0.6) is 0 Å². The summed E-state index contributed by atoms with van der Waals surface area (Å²) in [5, 5.41) is 5.48. The van der Waals surface area contributed by atoms with E-state index in [1.165, 1.54) is 99.8 Å². The van der Waals surface area contributed by atoms with Crippen molar-refractivity contribution in [1.82, 2.24) is 0 Å². The summed E-state index contributed by atoms with van der Waals surface area (Å²) in [5.74, 6) is 2.15. The Morgan fingerprint density at radius 1 is 0.646 bits per heavy atom. The van der Waals surface area contributed by atoms with E-state index in [-0.39, 0.29) is 35.6 Å². The molecule has 0 heterocycles. The summed E-state index contributed by atoms with van der Waals surface area (Å²) in [6.45, 7) is 22.9. The zero-order valence-electron chi connectivity index (χ0n) is 31.2. The Bertz CT molecular complexity index is 1590. The number of hydrogen-bond acceptors (Lipinski definition) is 0. The van der Waals surface area contributed by atoms with Crippen molar-refractivity contribution in [2.75, 3.05) is 0 Å². The minimum atomic E-state index is 0. The number of fused-ring (bicyclic) bond motifs is 3. The normalized spacial score (nSPS) is 13.7. The molecule has 0 radical (unpaired) electrons. The molecule has 0 unspecified atom stereocenters. The fraction of sp³-hybridized carbons (Fsp3) is 0.444. The van der Waals surface area contributed by atoms with Gasteiger partial charge in [0.2, 0.25) is 0 Å². The molecule has 0 saturated heterocycles. The van der Waals surface area contributed by atoms with Gasteiger partial charge in [0.25, 0.3) is 0 Å². The maximum absolute atomic E-state index is 2.48. The minimum Gasteiger partial charge on any atom is -1.00 e. The third-order valence-corrected chi connectivity index (χ3v) is 12.1. The van der Waals surface area contributed by atoms with E-state index in [4.69, 9.17) is 0 Å². The number of benzene rings is 3. The average molecular weight is 848 g/mol. The van der Waals surface area contributed by atoms with Crippen molar-refractivity contribution in [3.63, 3.8) is 0 Å². The Balaban J connectivity index is 0.000000281. The van der Waals surface area contributed by atoms with Gasteiger partial charge in [-0.25, -0.2) is 12.1 Å². The van der Waals surface area contributed by atoms with Crippen molar-refractivity contribution in [2.45, 2.75) is 124 Å². The van der Waals surface area contributed by atoms with Gasteiger partial charge in [-0.15, -0.1) is 39.7 Å². The van der Waals surface area contributed by atoms with E-state index in [0.717, 1.165) is 5.92 Å². The molecule has 3 heteroatoms. The standard InChI is InChI=1S/C21H25.C19H28.C5H5.2ClH.Hf/c1-20(2,3)16-7-9-18-14(12-16)11-15-13-17(21(4,5)6)8-10-19(15)18;1-14(2)18-11-17(12-19(13-18)15(3)4)10-16-8-6-5-7-9-16;1-2-4-5-3-1;;;/h7-13H,1-6H3;11-16H,5-9H2,1-4H3;1-5H;2*1H;/q-1;;-1;;;+2/p-2. The average Bonchev–Trinajstić information content (AvgIpc) is 3.72.